The van der Waals surface area contributed by atoms with Crippen LogP contribution >= 0.6 is 0 Å². The highest BCUT2D eigenvalue weighted by molar-refractivity contribution is 5.86. The summed E-state index contributed by atoms with van der Waals surface area (Å²) in [6, 6.07) is 15.5. The van der Waals surface area contributed by atoms with Crippen LogP contribution in [-0.4, -0.2) is 42.0 Å². The summed E-state index contributed by atoms with van der Waals surface area (Å²) in [6.07, 6.45) is -4.15. The molecule has 0 radical (unpaired) electrons. The molecule has 1 fully saturated rings. The van der Waals surface area contributed by atoms with Gasteiger partial charge in [0.2, 0.25) is 5.91 Å². The summed E-state index contributed by atoms with van der Waals surface area (Å²) in [5.41, 5.74) is -0.0670. The normalized spacial score (nSPS) is 16.3. The van der Waals surface area contributed by atoms with E-state index < -0.39 is 23.3 Å². The number of amides is 1. The molecule has 190 valence electrons. The molecule has 1 aliphatic heterocycles. The minimum absolute atomic E-state index is 0.101. The van der Waals surface area contributed by atoms with Crippen molar-refractivity contribution in [2.45, 2.75) is 71.9 Å². The molecule has 1 atom stereocenters. The number of nitriles is 1. The highest BCUT2D eigenvalue weighted by atomic mass is 19.4. The van der Waals surface area contributed by atoms with E-state index in [4.69, 9.17) is 5.26 Å². The van der Waals surface area contributed by atoms with Crippen LogP contribution in [0.5, 0.6) is 0 Å². The molecule has 0 saturated carbocycles. The van der Waals surface area contributed by atoms with Crippen LogP contribution in [0.15, 0.2) is 48.5 Å². The van der Waals surface area contributed by atoms with Gasteiger partial charge in [0.15, 0.2) is 0 Å². The maximum atomic E-state index is 13.3. The van der Waals surface area contributed by atoms with Crippen molar-refractivity contribution < 1.29 is 18.0 Å². The lowest BCUT2D eigenvalue weighted by atomic mass is 10.0. The number of carbonyl (C=O) groups is 1. The predicted molar refractivity (Wildman–Crippen MR) is 133 cm³/mol. The summed E-state index contributed by atoms with van der Waals surface area (Å²) in [7, 11) is 0. The first-order valence-corrected chi connectivity index (χ1v) is 11.9. The Balaban J connectivity index is 0.000000540. The molecule has 35 heavy (non-hydrogen) atoms. The number of rotatable bonds is 6. The van der Waals surface area contributed by atoms with Crippen molar-refractivity contribution in [3.05, 3.63) is 65.2 Å². The van der Waals surface area contributed by atoms with Crippen LogP contribution in [0, 0.1) is 11.3 Å². The lowest BCUT2D eigenvalue weighted by Crippen LogP contribution is -2.56. The van der Waals surface area contributed by atoms with Gasteiger partial charge in [0, 0.05) is 37.4 Å². The van der Waals surface area contributed by atoms with Crippen molar-refractivity contribution in [3.8, 4) is 6.07 Å². The number of piperazine rings is 1. The summed E-state index contributed by atoms with van der Waals surface area (Å²) < 4.78 is 39.9. The number of hydrogen-bond acceptors (Lipinski definition) is 4. The Morgan fingerprint density at radius 1 is 1.06 bits per heavy atom. The van der Waals surface area contributed by atoms with E-state index in [1.165, 1.54) is 12.1 Å². The third kappa shape index (κ3) is 8.00. The Hall–Kier alpha value is -3.05. The fourth-order valence-corrected chi connectivity index (χ4v) is 4.21. The van der Waals surface area contributed by atoms with E-state index in [2.05, 4.69) is 33.0 Å². The second-order valence-corrected chi connectivity index (χ2v) is 9.18. The number of anilines is 1. The van der Waals surface area contributed by atoms with Crippen LogP contribution in [-0.2, 0) is 17.5 Å². The van der Waals surface area contributed by atoms with E-state index in [9.17, 15) is 18.0 Å². The number of hydrogen-bond donors (Lipinski definition) is 1. The molecule has 1 saturated heterocycles. The molecule has 1 amide bonds. The van der Waals surface area contributed by atoms with E-state index in [0.29, 0.717) is 43.8 Å². The zero-order chi connectivity index (χ0) is 26.2. The van der Waals surface area contributed by atoms with Crippen LogP contribution in [0.1, 0.15) is 57.7 Å². The van der Waals surface area contributed by atoms with Crippen molar-refractivity contribution in [1.29, 1.82) is 5.26 Å². The third-order valence-corrected chi connectivity index (χ3v) is 5.61. The van der Waals surface area contributed by atoms with Crippen molar-refractivity contribution in [1.82, 2.24) is 10.2 Å². The van der Waals surface area contributed by atoms with Crippen molar-refractivity contribution in [3.63, 3.8) is 0 Å². The zero-order valence-electron chi connectivity index (χ0n) is 21.1. The molecule has 1 unspecified atom stereocenters. The minimum atomic E-state index is -4.62. The standard InChI is InChI=1S/C21H20F3N3O.C6H15N/c1-2-19-20(28)26(14-15-6-4-3-5-7-15)10-11-27(19)17-9-8-16(13-25)18(12-17)21(22,23)24;1-5(2)7-6(3)4/h3-9,12,19H,2,10-11,14H2,1H3;5-7H,1-4H3. The van der Waals surface area contributed by atoms with Crippen molar-refractivity contribution in [2.75, 3.05) is 18.0 Å². The van der Waals surface area contributed by atoms with Gasteiger partial charge < -0.3 is 15.1 Å². The largest absolute Gasteiger partial charge is 0.417 e. The SMILES string of the molecule is CC(C)NC(C)C.CCC1C(=O)N(Cc2ccccc2)CCN1c1ccc(C#N)c(C(F)(F)F)c1. The van der Waals surface area contributed by atoms with Gasteiger partial charge in [0.25, 0.3) is 0 Å². The Labute approximate surface area is 206 Å². The first kappa shape index (κ1) is 28.2. The van der Waals surface area contributed by atoms with Gasteiger partial charge in [0.1, 0.15) is 6.04 Å². The average molecular weight is 489 g/mol. The molecule has 0 aromatic heterocycles. The lowest BCUT2D eigenvalue weighted by Gasteiger charge is -2.42. The number of nitrogens with zero attached hydrogens (tertiary/aromatic N) is 3. The molecule has 5 nitrogen and oxygen atoms in total. The van der Waals surface area contributed by atoms with Crippen LogP contribution in [0.3, 0.4) is 0 Å². The highest BCUT2D eigenvalue weighted by Gasteiger charge is 2.37. The Morgan fingerprint density at radius 2 is 1.69 bits per heavy atom. The molecule has 3 rings (SSSR count). The minimum Gasteiger partial charge on any atom is -0.358 e. The van der Waals surface area contributed by atoms with Crippen molar-refractivity contribution >= 4 is 11.6 Å². The molecular weight excluding hydrogens is 453 g/mol. The van der Waals surface area contributed by atoms with E-state index in [1.54, 1.807) is 15.9 Å². The van der Waals surface area contributed by atoms with E-state index in [-0.39, 0.29) is 5.91 Å². The van der Waals surface area contributed by atoms with Gasteiger partial charge in [-0.3, -0.25) is 4.79 Å². The van der Waals surface area contributed by atoms with Crippen LogP contribution < -0.4 is 10.2 Å². The summed E-state index contributed by atoms with van der Waals surface area (Å²) >= 11 is 0. The molecule has 0 bridgehead atoms. The van der Waals surface area contributed by atoms with Gasteiger partial charge in [0.05, 0.1) is 17.2 Å². The number of carbonyl (C=O) groups excluding carboxylic acids is 1. The van der Waals surface area contributed by atoms with Gasteiger partial charge >= 0.3 is 6.18 Å². The average Bonchev–Trinajstić information content (AvgIpc) is 2.79. The van der Waals surface area contributed by atoms with E-state index in [0.717, 1.165) is 11.6 Å². The summed E-state index contributed by atoms with van der Waals surface area (Å²) in [5.74, 6) is -0.101. The van der Waals surface area contributed by atoms with Crippen molar-refractivity contribution in [2.24, 2.45) is 0 Å². The highest BCUT2D eigenvalue weighted by Crippen LogP contribution is 2.35. The molecular formula is C27H35F3N4O. The Bertz CT molecular complexity index is 994. The second kappa shape index (κ2) is 12.6. The fourth-order valence-electron chi connectivity index (χ4n) is 4.21. The summed E-state index contributed by atoms with van der Waals surface area (Å²) in [6.45, 7) is 11.8. The van der Waals surface area contributed by atoms with Gasteiger partial charge in [-0.25, -0.2) is 0 Å². The third-order valence-electron chi connectivity index (χ3n) is 5.61. The van der Waals surface area contributed by atoms with Crippen LogP contribution in [0.25, 0.3) is 0 Å². The molecule has 0 aliphatic carbocycles. The molecule has 2 aromatic rings. The van der Waals surface area contributed by atoms with Gasteiger partial charge in [-0.05, 0) is 30.2 Å². The van der Waals surface area contributed by atoms with Gasteiger partial charge in [-0.1, -0.05) is 65.0 Å². The first-order chi connectivity index (χ1) is 16.5. The molecule has 2 aromatic carbocycles. The topological polar surface area (TPSA) is 59.4 Å². The molecule has 0 spiro atoms. The number of alkyl halides is 3. The van der Waals surface area contributed by atoms with E-state index >= 15 is 0 Å². The summed E-state index contributed by atoms with van der Waals surface area (Å²) in [5, 5.41) is 12.3. The monoisotopic (exact) mass is 488 g/mol. The quantitative estimate of drug-likeness (QED) is 0.575. The zero-order valence-corrected chi connectivity index (χ0v) is 21.1. The lowest BCUT2D eigenvalue weighted by molar-refractivity contribution is -0.137. The molecule has 8 heteroatoms. The summed E-state index contributed by atoms with van der Waals surface area (Å²) in [4.78, 5) is 16.4. The fraction of sp³-hybridized carbons (Fsp3) is 0.481. The number of benzene rings is 2. The van der Waals surface area contributed by atoms with Crippen LogP contribution in [0.4, 0.5) is 18.9 Å². The smallest absolute Gasteiger partial charge is 0.358 e. The Kier molecular flexibility index (Phi) is 10.1. The Morgan fingerprint density at radius 3 is 2.17 bits per heavy atom. The molecule has 1 N–H and O–H groups in total. The van der Waals surface area contributed by atoms with Crippen LogP contribution in [0.2, 0.25) is 0 Å². The number of nitrogens with one attached hydrogen (secondary N) is 1. The van der Waals surface area contributed by atoms with Gasteiger partial charge in [-0.15, -0.1) is 0 Å². The predicted octanol–water partition coefficient (Wildman–Crippen LogP) is 5.60. The van der Waals surface area contributed by atoms with Gasteiger partial charge in [-0.2, -0.15) is 18.4 Å². The number of halogens is 3. The molecule has 1 heterocycles. The maximum absolute atomic E-state index is 13.3. The second-order valence-electron chi connectivity index (χ2n) is 9.18. The first-order valence-electron chi connectivity index (χ1n) is 11.9. The maximum Gasteiger partial charge on any atom is 0.417 e. The molecule has 1 aliphatic rings. The van der Waals surface area contributed by atoms with E-state index in [1.807, 2.05) is 37.3 Å².